The van der Waals surface area contributed by atoms with E-state index < -0.39 is 62.5 Å². The first kappa shape index (κ1) is 31.3. The molecule has 1 saturated carbocycles. The molecule has 3 aliphatic rings. The summed E-state index contributed by atoms with van der Waals surface area (Å²) in [4.78, 5) is 41.9. The van der Waals surface area contributed by atoms with Crippen LogP contribution in [0.5, 0.6) is 5.75 Å². The van der Waals surface area contributed by atoms with Crippen molar-refractivity contribution in [3.8, 4) is 17.6 Å². The number of rotatable bonds is 3. The maximum atomic E-state index is 14.5. The van der Waals surface area contributed by atoms with Crippen molar-refractivity contribution in [2.45, 2.75) is 84.8 Å². The summed E-state index contributed by atoms with van der Waals surface area (Å²) in [5, 5.41) is 46.8. The van der Waals surface area contributed by atoms with Gasteiger partial charge in [0.2, 0.25) is 5.78 Å². The predicted molar refractivity (Wildman–Crippen MR) is 159 cm³/mol. The zero-order valence-corrected chi connectivity index (χ0v) is 25.9. The van der Waals surface area contributed by atoms with Gasteiger partial charge in [0.15, 0.2) is 11.4 Å². The van der Waals surface area contributed by atoms with Crippen LogP contribution in [-0.2, 0) is 26.2 Å². The third-order valence-corrected chi connectivity index (χ3v) is 9.17. The Hall–Kier alpha value is -3.61. The zero-order chi connectivity index (χ0) is 31.9. The summed E-state index contributed by atoms with van der Waals surface area (Å²) >= 11 is 0. The summed E-state index contributed by atoms with van der Waals surface area (Å²) in [6.07, 6.45) is 0.756. The van der Waals surface area contributed by atoms with Crippen LogP contribution in [0.2, 0.25) is 0 Å². The van der Waals surface area contributed by atoms with Gasteiger partial charge in [-0.3, -0.25) is 19.3 Å². The lowest BCUT2D eigenvalue weighted by Crippen LogP contribution is -2.72. The number of phenolic OH excluding ortho intramolecular Hbond substituents is 1. The van der Waals surface area contributed by atoms with Crippen LogP contribution in [0, 0.1) is 28.6 Å². The van der Waals surface area contributed by atoms with Crippen LogP contribution in [0.4, 0.5) is 0 Å². The quantitative estimate of drug-likeness (QED) is 0.269. The number of aliphatic hydroxyl groups excluding tert-OH is 2. The normalized spacial score (nSPS) is 29.3. The summed E-state index contributed by atoms with van der Waals surface area (Å²) in [5.41, 5.74) is 0.0950. The third-order valence-electron chi connectivity index (χ3n) is 9.17. The number of primary amides is 1. The molecule has 0 heterocycles. The Bertz CT molecular complexity index is 1550. The molecule has 3 aliphatic carbocycles. The highest BCUT2D eigenvalue weighted by Gasteiger charge is 2.72. The molecule has 0 radical (unpaired) electrons. The molecular weight excluding hydrogens is 536 g/mol. The summed E-state index contributed by atoms with van der Waals surface area (Å²) in [5.74, 6) is 1.79. The Morgan fingerprint density at radius 1 is 1.17 bits per heavy atom. The van der Waals surface area contributed by atoms with Crippen LogP contribution in [0.1, 0.15) is 83.6 Å². The van der Waals surface area contributed by atoms with Gasteiger partial charge in [-0.15, -0.1) is 0 Å². The Balaban J connectivity index is 2.11. The molecule has 1 amide bonds. The summed E-state index contributed by atoms with van der Waals surface area (Å²) < 4.78 is 0. The molecule has 1 aromatic carbocycles. The lowest BCUT2D eigenvalue weighted by atomic mass is 9.46. The number of ketones is 2. The molecule has 0 aromatic heterocycles. The fourth-order valence-electron chi connectivity index (χ4n) is 7.42. The number of Topliss-reactive ketones (excluding diaryl/α,β-unsaturated/α-hetero) is 2. The van der Waals surface area contributed by atoms with Gasteiger partial charge in [-0.1, -0.05) is 60.3 Å². The van der Waals surface area contributed by atoms with Gasteiger partial charge in [0.05, 0.1) is 11.6 Å². The maximum Gasteiger partial charge on any atom is 0.255 e. The van der Waals surface area contributed by atoms with Crippen LogP contribution in [0.15, 0.2) is 23.0 Å². The van der Waals surface area contributed by atoms with E-state index in [4.69, 9.17) is 5.73 Å². The van der Waals surface area contributed by atoms with E-state index in [9.17, 15) is 34.8 Å². The summed E-state index contributed by atoms with van der Waals surface area (Å²) in [6.45, 7) is 13.1. The highest BCUT2D eigenvalue weighted by molar-refractivity contribution is 6.25. The zero-order valence-electron chi connectivity index (χ0n) is 25.9. The van der Waals surface area contributed by atoms with Crippen molar-refractivity contribution < 1.29 is 34.8 Å². The largest absolute Gasteiger partial charge is 0.508 e. The number of aromatic hydroxyl groups is 1. The van der Waals surface area contributed by atoms with Gasteiger partial charge in [0.25, 0.3) is 5.91 Å². The first-order valence-electron chi connectivity index (χ1n) is 14.2. The highest BCUT2D eigenvalue weighted by atomic mass is 16.3. The Kier molecular flexibility index (Phi) is 7.25. The fraction of sp³-hybridized carbons (Fsp3) is 0.545. The Morgan fingerprint density at radius 3 is 2.26 bits per heavy atom. The van der Waals surface area contributed by atoms with E-state index in [2.05, 4.69) is 25.7 Å². The van der Waals surface area contributed by atoms with Gasteiger partial charge in [0, 0.05) is 34.0 Å². The van der Waals surface area contributed by atoms with E-state index in [1.165, 1.54) is 11.8 Å². The summed E-state index contributed by atoms with van der Waals surface area (Å²) in [6, 6.07) is 0.625. The molecule has 226 valence electrons. The second-order valence-corrected chi connectivity index (χ2v) is 14.2. The van der Waals surface area contributed by atoms with E-state index in [1.807, 2.05) is 26.8 Å². The van der Waals surface area contributed by atoms with Gasteiger partial charge >= 0.3 is 0 Å². The first-order chi connectivity index (χ1) is 19.1. The number of carbonyl (C=O) groups excluding carboxylic acids is 3. The van der Waals surface area contributed by atoms with E-state index in [-0.39, 0.29) is 29.7 Å². The van der Waals surface area contributed by atoms with Crippen molar-refractivity contribution in [3.05, 3.63) is 45.2 Å². The number of amides is 1. The Labute approximate surface area is 247 Å². The second-order valence-electron chi connectivity index (χ2n) is 14.2. The summed E-state index contributed by atoms with van der Waals surface area (Å²) in [7, 11) is 3.16. The number of nitrogens with zero attached hydrogens (tertiary/aromatic N) is 1. The van der Waals surface area contributed by atoms with Gasteiger partial charge in [-0.25, -0.2) is 0 Å². The molecule has 9 heteroatoms. The number of carbonyl (C=O) groups is 3. The van der Waals surface area contributed by atoms with E-state index in [0.29, 0.717) is 29.0 Å². The molecule has 42 heavy (non-hydrogen) atoms. The number of hydrogen-bond acceptors (Lipinski definition) is 8. The average molecular weight is 579 g/mol. The maximum absolute atomic E-state index is 14.5. The van der Waals surface area contributed by atoms with Crippen LogP contribution >= 0.6 is 0 Å². The molecule has 0 aliphatic heterocycles. The lowest BCUT2D eigenvalue weighted by Gasteiger charge is -2.59. The molecular formula is C33H42N2O7. The molecule has 4 atom stereocenters. The van der Waals surface area contributed by atoms with Crippen molar-refractivity contribution in [1.29, 1.82) is 0 Å². The van der Waals surface area contributed by atoms with Crippen LogP contribution < -0.4 is 5.73 Å². The van der Waals surface area contributed by atoms with Crippen molar-refractivity contribution in [3.63, 3.8) is 0 Å². The van der Waals surface area contributed by atoms with E-state index in [0.717, 1.165) is 0 Å². The smallest absolute Gasteiger partial charge is 0.255 e. The molecule has 6 N–H and O–H groups in total. The molecule has 4 rings (SSSR count). The minimum Gasteiger partial charge on any atom is -0.508 e. The van der Waals surface area contributed by atoms with Crippen molar-refractivity contribution >= 4 is 23.2 Å². The van der Waals surface area contributed by atoms with Crippen molar-refractivity contribution in [2.75, 3.05) is 14.1 Å². The standard InChI is InChI=1S/C33H42N2O7/c1-16(2)11-10-12-17-13-19(30(3,4)5)23(36)20-18(17)14-31(6)15-32(7)26(35(8)9)25(38)21(29(34)41)27(39)33(32,42)28(40)22(31)24(20)37/h13,16,26,36-37,39,42H,11,14-15H2,1-9H3,(H2,34,41)/t26-,31+,32+,33-/m1/s1. The molecule has 0 unspecified atom stereocenters. The number of fused-ring (bicyclic) bond motifs is 3. The molecule has 0 spiro atoms. The number of phenols is 1. The second kappa shape index (κ2) is 9.72. The van der Waals surface area contributed by atoms with Gasteiger partial charge in [0.1, 0.15) is 22.8 Å². The fourth-order valence-corrected chi connectivity index (χ4v) is 7.42. The molecule has 0 saturated heterocycles. The predicted octanol–water partition coefficient (Wildman–Crippen LogP) is 3.44. The lowest BCUT2D eigenvalue weighted by molar-refractivity contribution is -0.176. The van der Waals surface area contributed by atoms with Crippen LogP contribution in [0.25, 0.3) is 5.76 Å². The van der Waals surface area contributed by atoms with Gasteiger partial charge < -0.3 is 26.2 Å². The number of benzene rings is 1. The minimum absolute atomic E-state index is 0.0353. The molecule has 9 nitrogen and oxygen atoms in total. The number of hydrogen-bond donors (Lipinski definition) is 5. The SMILES string of the molecule is CC(C)CC#Cc1cc(C(C)(C)C)c(O)c2c1C[C@@]1(C)C[C@@]3(C)[C@H](N(C)C)C(=O)C(C(N)=O)=C(O)[C@@]3(O)C(=O)C1=C2O. The number of nitrogens with two attached hydrogens (primary N) is 1. The van der Waals surface area contributed by atoms with Crippen LogP contribution in [0.3, 0.4) is 0 Å². The highest BCUT2D eigenvalue weighted by Crippen LogP contribution is 2.63. The van der Waals surface area contributed by atoms with Crippen LogP contribution in [-0.4, -0.2) is 68.5 Å². The Morgan fingerprint density at radius 2 is 1.76 bits per heavy atom. The van der Waals surface area contributed by atoms with Gasteiger partial charge in [-0.05, 0) is 49.9 Å². The topological polar surface area (TPSA) is 161 Å². The molecule has 1 aromatic rings. The minimum atomic E-state index is -2.75. The van der Waals surface area contributed by atoms with Crippen molar-refractivity contribution in [1.82, 2.24) is 4.90 Å². The van der Waals surface area contributed by atoms with E-state index in [1.54, 1.807) is 21.0 Å². The van der Waals surface area contributed by atoms with E-state index >= 15 is 0 Å². The number of aliphatic hydroxyl groups is 3. The third kappa shape index (κ3) is 4.18. The monoisotopic (exact) mass is 578 g/mol. The molecule has 1 fully saturated rings. The average Bonchev–Trinajstić information content (AvgIpc) is 2.81. The van der Waals surface area contributed by atoms with Gasteiger partial charge in [-0.2, -0.15) is 0 Å². The molecule has 0 bridgehead atoms. The first-order valence-corrected chi connectivity index (χ1v) is 14.2. The number of likely N-dealkylation sites (N-methyl/N-ethyl adjacent to an activating group) is 1. The van der Waals surface area contributed by atoms with Crippen molar-refractivity contribution in [2.24, 2.45) is 22.5 Å².